The molecule has 2 aromatic carbocycles. The summed E-state index contributed by atoms with van der Waals surface area (Å²) < 4.78 is 43.1. The van der Waals surface area contributed by atoms with Crippen LogP contribution < -0.4 is 16.0 Å². The van der Waals surface area contributed by atoms with Crippen LogP contribution in [0.2, 0.25) is 0 Å². The van der Waals surface area contributed by atoms with Crippen LogP contribution in [-0.4, -0.2) is 30.8 Å². The van der Waals surface area contributed by atoms with Gasteiger partial charge in [-0.2, -0.15) is 0 Å². The molecule has 0 aromatic heterocycles. The number of halogens is 4. The predicted octanol–water partition coefficient (Wildman–Crippen LogP) is 3.53. The monoisotopic (exact) mass is 515 g/mol. The molecule has 0 bridgehead atoms. The summed E-state index contributed by atoms with van der Waals surface area (Å²) in [5, 5.41) is 7.95. The number of benzene rings is 2. The molecule has 5 nitrogen and oxygen atoms in total. The second-order valence-electron chi connectivity index (χ2n) is 6.47. The number of Topliss-reactive ketones (excluding diaryl/α,β-unsaturated/α-hetero) is 1. The molecule has 0 spiro atoms. The van der Waals surface area contributed by atoms with Gasteiger partial charge in [-0.25, -0.2) is 13.2 Å². The summed E-state index contributed by atoms with van der Waals surface area (Å²) >= 11 is 1.91. The molecule has 29 heavy (non-hydrogen) atoms. The molecule has 1 heterocycles. The first kappa shape index (κ1) is 21.3. The zero-order valence-electron chi connectivity index (χ0n) is 15.1. The number of nitrogens with one attached hydrogen (secondary N) is 3. The van der Waals surface area contributed by atoms with E-state index in [1.807, 2.05) is 22.6 Å². The molecule has 3 rings (SSSR count). The van der Waals surface area contributed by atoms with Gasteiger partial charge in [-0.05, 0) is 52.9 Å². The molecule has 0 radical (unpaired) electrons. The molecule has 1 atom stereocenters. The maximum Gasteiger partial charge on any atom is 0.226 e. The van der Waals surface area contributed by atoms with Crippen LogP contribution in [0.15, 0.2) is 43.0 Å². The molecule has 152 valence electrons. The second kappa shape index (κ2) is 8.95. The first-order valence-corrected chi connectivity index (χ1v) is 9.77. The molecule has 1 aliphatic heterocycles. The number of anilines is 2. The molecule has 0 saturated carbocycles. The fourth-order valence-corrected chi connectivity index (χ4v) is 3.20. The summed E-state index contributed by atoms with van der Waals surface area (Å²) in [7, 11) is 0. The summed E-state index contributed by atoms with van der Waals surface area (Å²) in [4.78, 5) is 25.1. The molecule has 1 fully saturated rings. The van der Waals surface area contributed by atoms with Crippen molar-refractivity contribution in [2.24, 2.45) is 5.92 Å². The van der Waals surface area contributed by atoms with Crippen LogP contribution in [0, 0.1) is 26.9 Å². The van der Waals surface area contributed by atoms with Crippen LogP contribution >= 0.6 is 22.6 Å². The van der Waals surface area contributed by atoms with Crippen LogP contribution in [-0.2, 0) is 4.79 Å². The molecule has 1 amide bonds. The van der Waals surface area contributed by atoms with Crippen LogP contribution in [0.5, 0.6) is 0 Å². The second-order valence-corrected chi connectivity index (χ2v) is 7.72. The molecule has 2 aromatic rings. The lowest BCUT2D eigenvalue weighted by Crippen LogP contribution is -2.53. The Kier molecular flexibility index (Phi) is 6.58. The summed E-state index contributed by atoms with van der Waals surface area (Å²) in [5.74, 6) is -4.53. The van der Waals surface area contributed by atoms with E-state index in [-0.39, 0.29) is 23.1 Å². The molecule has 9 heteroatoms. The number of rotatable bonds is 7. The molecular weight excluding hydrogens is 498 g/mol. The summed E-state index contributed by atoms with van der Waals surface area (Å²) in [6.07, 6.45) is 1.21. The van der Waals surface area contributed by atoms with E-state index >= 15 is 0 Å². The lowest BCUT2D eigenvalue weighted by molar-refractivity contribution is -0.126. The quantitative estimate of drug-likeness (QED) is 0.300. The third kappa shape index (κ3) is 4.61. The van der Waals surface area contributed by atoms with E-state index in [4.69, 9.17) is 0 Å². The first-order chi connectivity index (χ1) is 13.8. The number of hydrogen-bond donors (Lipinski definition) is 3. The van der Waals surface area contributed by atoms with Crippen molar-refractivity contribution in [3.05, 3.63) is 69.6 Å². The summed E-state index contributed by atoms with van der Waals surface area (Å²) in [6, 6.07) is 4.88. The van der Waals surface area contributed by atoms with Crippen molar-refractivity contribution in [1.29, 1.82) is 0 Å². The number of carbonyl (C=O) groups is 2. The van der Waals surface area contributed by atoms with Crippen molar-refractivity contribution in [2.45, 2.75) is 6.04 Å². The van der Waals surface area contributed by atoms with E-state index in [9.17, 15) is 22.8 Å². The number of ketones is 1. The Morgan fingerprint density at radius 1 is 1.17 bits per heavy atom. The Bertz CT molecular complexity index is 980. The van der Waals surface area contributed by atoms with Crippen molar-refractivity contribution in [3.8, 4) is 0 Å². The van der Waals surface area contributed by atoms with Gasteiger partial charge in [-0.15, -0.1) is 6.58 Å². The highest BCUT2D eigenvalue weighted by Gasteiger charge is 2.30. The topological polar surface area (TPSA) is 70.2 Å². The standard InChI is InChI=1S/C20H17F3IN3O2/c1-2-15(27-20(29)10-8-25-9-10)19(28)12-4-5-13(21)17(23)18(12)26-16-6-3-11(24)7-14(16)22/h2-7,10,15,25-26H,1,8-9H2,(H,27,29). The molecule has 1 aliphatic rings. The van der Waals surface area contributed by atoms with Crippen LogP contribution in [0.25, 0.3) is 0 Å². The highest BCUT2D eigenvalue weighted by atomic mass is 127. The average molecular weight is 515 g/mol. The first-order valence-electron chi connectivity index (χ1n) is 8.69. The largest absolute Gasteiger partial charge is 0.350 e. The minimum atomic E-state index is -1.33. The number of amides is 1. The van der Waals surface area contributed by atoms with Crippen molar-refractivity contribution in [1.82, 2.24) is 10.6 Å². The Morgan fingerprint density at radius 2 is 1.90 bits per heavy atom. The van der Waals surface area contributed by atoms with Gasteiger partial charge in [-0.3, -0.25) is 9.59 Å². The van der Waals surface area contributed by atoms with Gasteiger partial charge in [0, 0.05) is 22.2 Å². The molecule has 1 saturated heterocycles. The fraction of sp³-hybridized carbons (Fsp3) is 0.200. The van der Waals surface area contributed by atoms with E-state index in [1.165, 1.54) is 18.2 Å². The smallest absolute Gasteiger partial charge is 0.226 e. The van der Waals surface area contributed by atoms with Crippen LogP contribution in [0.3, 0.4) is 0 Å². The Labute approximate surface area is 178 Å². The van der Waals surface area contributed by atoms with Gasteiger partial charge in [0.05, 0.1) is 17.3 Å². The van der Waals surface area contributed by atoms with Gasteiger partial charge in [0.1, 0.15) is 11.9 Å². The van der Waals surface area contributed by atoms with E-state index in [0.717, 1.165) is 12.1 Å². The van der Waals surface area contributed by atoms with E-state index < -0.39 is 35.0 Å². The minimum absolute atomic E-state index is 0.122. The minimum Gasteiger partial charge on any atom is -0.350 e. The lowest BCUT2D eigenvalue weighted by Gasteiger charge is -2.27. The average Bonchev–Trinajstić information content (AvgIpc) is 2.63. The number of hydrogen-bond acceptors (Lipinski definition) is 4. The fourth-order valence-electron chi connectivity index (χ4n) is 2.75. The molecule has 0 aliphatic carbocycles. The van der Waals surface area contributed by atoms with E-state index in [2.05, 4.69) is 22.5 Å². The number of carbonyl (C=O) groups excluding carboxylic acids is 2. The van der Waals surface area contributed by atoms with Crippen molar-refractivity contribution < 1.29 is 22.8 Å². The summed E-state index contributed by atoms with van der Waals surface area (Å²) in [6.45, 7) is 4.53. The lowest BCUT2D eigenvalue weighted by atomic mass is 9.98. The van der Waals surface area contributed by atoms with Crippen LogP contribution in [0.1, 0.15) is 10.4 Å². The zero-order chi connectivity index (χ0) is 21.1. The van der Waals surface area contributed by atoms with Gasteiger partial charge in [0.25, 0.3) is 0 Å². The SMILES string of the molecule is C=CC(NC(=O)C1CNC1)C(=O)c1ccc(F)c(F)c1Nc1ccc(I)cc1F. The van der Waals surface area contributed by atoms with Gasteiger partial charge in [0.2, 0.25) is 5.91 Å². The highest BCUT2D eigenvalue weighted by molar-refractivity contribution is 14.1. The van der Waals surface area contributed by atoms with Crippen molar-refractivity contribution >= 4 is 45.7 Å². The molecule has 3 N–H and O–H groups in total. The predicted molar refractivity (Wildman–Crippen MR) is 112 cm³/mol. The highest BCUT2D eigenvalue weighted by Crippen LogP contribution is 2.29. The zero-order valence-corrected chi connectivity index (χ0v) is 17.2. The molecular formula is C20H17F3IN3O2. The van der Waals surface area contributed by atoms with Gasteiger partial charge >= 0.3 is 0 Å². The maximum atomic E-state index is 14.5. The summed E-state index contributed by atoms with van der Waals surface area (Å²) in [5.41, 5.74) is -0.871. The third-order valence-electron chi connectivity index (χ3n) is 4.52. The van der Waals surface area contributed by atoms with Gasteiger partial charge in [-0.1, -0.05) is 6.08 Å². The molecule has 1 unspecified atom stereocenters. The van der Waals surface area contributed by atoms with Gasteiger partial charge < -0.3 is 16.0 Å². The normalized spacial score (nSPS) is 14.6. The Balaban J connectivity index is 1.93. The van der Waals surface area contributed by atoms with Crippen molar-refractivity contribution in [2.75, 3.05) is 18.4 Å². The Morgan fingerprint density at radius 3 is 2.48 bits per heavy atom. The van der Waals surface area contributed by atoms with Crippen LogP contribution in [0.4, 0.5) is 24.5 Å². The van der Waals surface area contributed by atoms with Gasteiger partial charge in [0.15, 0.2) is 17.4 Å². The third-order valence-corrected chi connectivity index (χ3v) is 5.19. The van der Waals surface area contributed by atoms with E-state index in [1.54, 1.807) is 6.07 Å². The maximum absolute atomic E-state index is 14.5. The van der Waals surface area contributed by atoms with Crippen molar-refractivity contribution in [3.63, 3.8) is 0 Å². The Hall–Kier alpha value is -2.40. The van der Waals surface area contributed by atoms with E-state index in [0.29, 0.717) is 16.7 Å².